The van der Waals surface area contributed by atoms with Crippen molar-refractivity contribution < 1.29 is 14.5 Å². The van der Waals surface area contributed by atoms with Gasteiger partial charge >= 0.3 is 0 Å². The van der Waals surface area contributed by atoms with E-state index < -0.39 is 11.0 Å². The summed E-state index contributed by atoms with van der Waals surface area (Å²) in [7, 11) is 3.28. The fourth-order valence-corrected chi connectivity index (χ4v) is 2.77. The van der Waals surface area contributed by atoms with E-state index in [0.717, 1.165) is 12.5 Å². The second kappa shape index (κ2) is 6.31. The van der Waals surface area contributed by atoms with Crippen LogP contribution < -0.4 is 0 Å². The van der Waals surface area contributed by atoms with Gasteiger partial charge in [0, 0.05) is 32.8 Å². The number of carbonyl (C=O) groups is 2. The Morgan fingerprint density at radius 3 is 2.64 bits per heavy atom. The number of amides is 2. The molecule has 1 aliphatic rings. The molecule has 1 heterocycles. The highest BCUT2D eigenvalue weighted by Crippen LogP contribution is 2.27. The Morgan fingerprint density at radius 2 is 2.09 bits per heavy atom. The Labute approximate surface area is 132 Å². The van der Waals surface area contributed by atoms with Gasteiger partial charge in [0.15, 0.2) is 0 Å². The first-order chi connectivity index (χ1) is 10.3. The van der Waals surface area contributed by atoms with Crippen molar-refractivity contribution in [2.45, 2.75) is 18.9 Å². The molecule has 2 amide bonds. The maximum atomic E-state index is 12.6. The molecule has 1 atom stereocenters. The average Bonchev–Trinajstić information content (AvgIpc) is 2.94. The third-order valence-electron chi connectivity index (χ3n) is 3.63. The Balaban J connectivity index is 2.27. The van der Waals surface area contributed by atoms with Gasteiger partial charge in [0.1, 0.15) is 6.04 Å². The third kappa shape index (κ3) is 3.04. The fraction of sp³-hybridized carbons (Fsp3) is 0.429. The molecule has 0 aromatic heterocycles. The van der Waals surface area contributed by atoms with Crippen molar-refractivity contribution in [3.63, 3.8) is 0 Å². The second-order valence-electron chi connectivity index (χ2n) is 5.31. The lowest BCUT2D eigenvalue weighted by Crippen LogP contribution is -2.45. The standard InChI is InChI=1S/C14H16ClN3O4/c1-16(2)14(20)12-4-3-7-17(12)13(19)10-6-5-9(18(21)22)8-11(10)15/h5-6,8,12H,3-4,7H2,1-2H3. The maximum Gasteiger partial charge on any atom is 0.270 e. The highest BCUT2D eigenvalue weighted by atomic mass is 35.5. The van der Waals surface area contributed by atoms with E-state index in [-0.39, 0.29) is 28.1 Å². The molecule has 7 nitrogen and oxygen atoms in total. The normalized spacial score (nSPS) is 17.4. The summed E-state index contributed by atoms with van der Waals surface area (Å²) in [5, 5.41) is 10.7. The van der Waals surface area contributed by atoms with Crippen LogP contribution in [0.3, 0.4) is 0 Å². The Bertz CT molecular complexity index is 633. The van der Waals surface area contributed by atoms with Crippen LogP contribution in [0.5, 0.6) is 0 Å². The zero-order valence-corrected chi connectivity index (χ0v) is 13.0. The summed E-state index contributed by atoms with van der Waals surface area (Å²) >= 11 is 5.99. The molecule has 0 saturated carbocycles. The van der Waals surface area contributed by atoms with Gasteiger partial charge in [0.05, 0.1) is 15.5 Å². The molecular formula is C14H16ClN3O4. The Morgan fingerprint density at radius 1 is 1.41 bits per heavy atom. The molecule has 118 valence electrons. The van der Waals surface area contributed by atoms with Crippen molar-refractivity contribution in [3.8, 4) is 0 Å². The summed E-state index contributed by atoms with van der Waals surface area (Å²) in [6.07, 6.45) is 1.34. The number of rotatable bonds is 3. The number of hydrogen-bond donors (Lipinski definition) is 0. The largest absolute Gasteiger partial charge is 0.347 e. The number of nitro groups is 1. The molecule has 1 aromatic rings. The van der Waals surface area contributed by atoms with E-state index >= 15 is 0 Å². The number of halogens is 1. The molecular weight excluding hydrogens is 310 g/mol. The first kappa shape index (κ1) is 16.2. The number of carbonyl (C=O) groups excluding carboxylic acids is 2. The van der Waals surface area contributed by atoms with Gasteiger partial charge < -0.3 is 9.80 Å². The van der Waals surface area contributed by atoms with Gasteiger partial charge in [0.2, 0.25) is 5.91 Å². The summed E-state index contributed by atoms with van der Waals surface area (Å²) in [6, 6.07) is 3.21. The topological polar surface area (TPSA) is 83.8 Å². The lowest BCUT2D eigenvalue weighted by atomic mass is 10.1. The van der Waals surface area contributed by atoms with Crippen molar-refractivity contribution >= 4 is 29.1 Å². The van der Waals surface area contributed by atoms with Crippen LogP contribution in [0.25, 0.3) is 0 Å². The van der Waals surface area contributed by atoms with Crippen LogP contribution >= 0.6 is 11.6 Å². The maximum absolute atomic E-state index is 12.6. The molecule has 2 rings (SSSR count). The number of nitrogens with zero attached hydrogens (tertiary/aromatic N) is 3. The van der Waals surface area contributed by atoms with E-state index in [0.29, 0.717) is 13.0 Å². The summed E-state index contributed by atoms with van der Waals surface area (Å²) in [5.41, 5.74) is -0.00499. The summed E-state index contributed by atoms with van der Waals surface area (Å²) in [6.45, 7) is 0.469. The highest BCUT2D eigenvalue weighted by molar-refractivity contribution is 6.34. The predicted octanol–water partition coefficient (Wildman–Crippen LogP) is 1.94. The van der Waals surface area contributed by atoms with Crippen molar-refractivity contribution in [1.29, 1.82) is 0 Å². The van der Waals surface area contributed by atoms with Gasteiger partial charge in [-0.2, -0.15) is 0 Å². The van der Waals surface area contributed by atoms with Crippen LogP contribution in [0.15, 0.2) is 18.2 Å². The minimum absolute atomic E-state index is 0.0159. The van der Waals surface area contributed by atoms with E-state index in [2.05, 4.69) is 0 Å². The smallest absolute Gasteiger partial charge is 0.270 e. The molecule has 0 radical (unpaired) electrons. The second-order valence-corrected chi connectivity index (χ2v) is 5.72. The number of hydrogen-bond acceptors (Lipinski definition) is 4. The molecule has 1 unspecified atom stereocenters. The van der Waals surface area contributed by atoms with Crippen molar-refractivity contribution in [3.05, 3.63) is 38.9 Å². The third-order valence-corrected chi connectivity index (χ3v) is 3.95. The van der Waals surface area contributed by atoms with E-state index in [1.165, 1.54) is 21.9 Å². The van der Waals surface area contributed by atoms with Gasteiger partial charge in [-0.25, -0.2) is 0 Å². The SMILES string of the molecule is CN(C)C(=O)C1CCCN1C(=O)c1ccc([N+](=O)[O-])cc1Cl. The molecule has 0 aliphatic carbocycles. The van der Waals surface area contributed by atoms with E-state index in [1.54, 1.807) is 14.1 Å². The van der Waals surface area contributed by atoms with Crippen LogP contribution in [-0.2, 0) is 4.79 Å². The van der Waals surface area contributed by atoms with Gasteiger partial charge in [-0.05, 0) is 18.9 Å². The number of benzene rings is 1. The zero-order valence-electron chi connectivity index (χ0n) is 12.3. The fourth-order valence-electron chi connectivity index (χ4n) is 2.51. The monoisotopic (exact) mass is 325 g/mol. The predicted molar refractivity (Wildman–Crippen MR) is 80.9 cm³/mol. The molecule has 8 heteroatoms. The van der Waals surface area contributed by atoms with Crippen LogP contribution in [0.2, 0.25) is 5.02 Å². The van der Waals surface area contributed by atoms with Gasteiger partial charge in [0.25, 0.3) is 11.6 Å². The lowest BCUT2D eigenvalue weighted by molar-refractivity contribution is -0.384. The van der Waals surface area contributed by atoms with Crippen molar-refractivity contribution in [2.24, 2.45) is 0 Å². The van der Waals surface area contributed by atoms with Gasteiger partial charge in [-0.15, -0.1) is 0 Å². The summed E-state index contributed by atoms with van der Waals surface area (Å²) < 4.78 is 0. The minimum atomic E-state index is -0.575. The van der Waals surface area contributed by atoms with E-state index in [4.69, 9.17) is 11.6 Å². The number of nitro benzene ring substituents is 1. The zero-order chi connectivity index (χ0) is 16.4. The highest BCUT2D eigenvalue weighted by Gasteiger charge is 2.36. The van der Waals surface area contributed by atoms with Crippen LogP contribution in [-0.4, -0.2) is 53.2 Å². The van der Waals surface area contributed by atoms with Gasteiger partial charge in [-0.3, -0.25) is 19.7 Å². The molecule has 1 aromatic carbocycles. The number of non-ortho nitro benzene ring substituents is 1. The minimum Gasteiger partial charge on any atom is -0.347 e. The van der Waals surface area contributed by atoms with Crippen LogP contribution in [0.4, 0.5) is 5.69 Å². The van der Waals surface area contributed by atoms with E-state index in [1.807, 2.05) is 0 Å². The number of likely N-dealkylation sites (tertiary alicyclic amines) is 1. The summed E-state index contributed by atoms with van der Waals surface area (Å²) in [4.78, 5) is 37.8. The summed E-state index contributed by atoms with van der Waals surface area (Å²) in [5.74, 6) is -0.513. The molecule has 1 aliphatic heterocycles. The first-order valence-corrected chi connectivity index (χ1v) is 7.16. The number of likely N-dealkylation sites (N-methyl/N-ethyl adjacent to an activating group) is 1. The van der Waals surface area contributed by atoms with Gasteiger partial charge in [-0.1, -0.05) is 11.6 Å². The lowest BCUT2D eigenvalue weighted by Gasteiger charge is -2.26. The molecule has 1 fully saturated rings. The molecule has 1 saturated heterocycles. The quantitative estimate of drug-likeness (QED) is 0.628. The molecule has 0 N–H and O–H groups in total. The Kier molecular flexibility index (Phi) is 4.65. The van der Waals surface area contributed by atoms with Crippen molar-refractivity contribution in [1.82, 2.24) is 9.80 Å². The van der Waals surface area contributed by atoms with Crippen molar-refractivity contribution in [2.75, 3.05) is 20.6 Å². The van der Waals surface area contributed by atoms with E-state index in [9.17, 15) is 19.7 Å². The first-order valence-electron chi connectivity index (χ1n) is 6.79. The van der Waals surface area contributed by atoms with Crippen LogP contribution in [0, 0.1) is 10.1 Å². The van der Waals surface area contributed by atoms with Crippen LogP contribution in [0.1, 0.15) is 23.2 Å². The molecule has 0 bridgehead atoms. The Hall–Kier alpha value is -2.15. The average molecular weight is 326 g/mol. The molecule has 0 spiro atoms. The molecule has 22 heavy (non-hydrogen) atoms.